The van der Waals surface area contributed by atoms with Gasteiger partial charge >= 0.3 is 24.1 Å². The van der Waals surface area contributed by atoms with Gasteiger partial charge in [-0.3, -0.25) is 19.4 Å². The molecule has 2 aromatic rings. The number of nitrogens with zero attached hydrogens (tertiary/aromatic N) is 2. The third kappa shape index (κ3) is 7.71. The van der Waals surface area contributed by atoms with Gasteiger partial charge in [0.2, 0.25) is 0 Å². The van der Waals surface area contributed by atoms with E-state index in [9.17, 15) is 28.8 Å². The van der Waals surface area contributed by atoms with Gasteiger partial charge in [-0.2, -0.15) is 0 Å². The van der Waals surface area contributed by atoms with Crippen LogP contribution < -0.4 is 0 Å². The molecule has 2 saturated carbocycles. The zero-order valence-corrected chi connectivity index (χ0v) is 31.1. The number of amides is 2. The van der Waals surface area contributed by atoms with Gasteiger partial charge in [-0.05, 0) is 89.2 Å². The third-order valence-electron chi connectivity index (χ3n) is 10.5. The van der Waals surface area contributed by atoms with E-state index in [0.717, 1.165) is 24.0 Å². The van der Waals surface area contributed by atoms with Crippen LogP contribution in [0.3, 0.4) is 0 Å². The highest BCUT2D eigenvalue weighted by atomic mass is 16.6. The zero-order valence-electron chi connectivity index (χ0n) is 31.1. The van der Waals surface area contributed by atoms with Gasteiger partial charge in [-0.15, -0.1) is 0 Å². The van der Waals surface area contributed by atoms with E-state index < -0.39 is 60.6 Å². The molecule has 1 unspecified atom stereocenters. The Morgan fingerprint density at radius 2 is 0.904 bits per heavy atom. The molecule has 2 saturated heterocycles. The van der Waals surface area contributed by atoms with Crippen LogP contribution in [0.25, 0.3) is 11.1 Å². The second-order valence-electron chi connectivity index (χ2n) is 17.2. The predicted molar refractivity (Wildman–Crippen MR) is 188 cm³/mol. The molecule has 12 heteroatoms. The summed E-state index contributed by atoms with van der Waals surface area (Å²) >= 11 is 0. The van der Waals surface area contributed by atoms with E-state index in [4.69, 9.17) is 18.9 Å². The minimum absolute atomic E-state index is 0.0811. The Hall–Kier alpha value is -4.74. The SMILES string of the molecule is CC(C)(C)OC(=O)N1C2C[C@]2(C)C[C@H]1C(=O)OCC(=O)c1ccc(-c2ccc(C(=O)COC(=O)[C@@H]3C[C@@]4(C)C[C@H]4N3C(=O)OC(C)(C)C)cc2)cc1. The fourth-order valence-electron chi connectivity index (χ4n) is 7.45. The number of rotatable bonds is 9. The summed E-state index contributed by atoms with van der Waals surface area (Å²) in [4.78, 5) is 80.6. The second kappa shape index (κ2) is 13.0. The van der Waals surface area contributed by atoms with Gasteiger partial charge in [0.05, 0.1) is 0 Å². The first-order chi connectivity index (χ1) is 24.2. The molecule has 4 fully saturated rings. The summed E-state index contributed by atoms with van der Waals surface area (Å²) in [5.74, 6) is -2.01. The van der Waals surface area contributed by atoms with E-state index in [1.165, 1.54) is 9.80 Å². The van der Waals surface area contributed by atoms with Gasteiger partial charge < -0.3 is 18.9 Å². The summed E-state index contributed by atoms with van der Waals surface area (Å²) in [6.07, 6.45) is 1.41. The highest BCUT2D eigenvalue weighted by Crippen LogP contribution is 2.60. The van der Waals surface area contributed by atoms with Gasteiger partial charge in [0.25, 0.3) is 0 Å². The predicted octanol–water partition coefficient (Wildman–Crippen LogP) is 6.38. The van der Waals surface area contributed by atoms with Crippen LogP contribution in [-0.4, -0.2) is 94.1 Å². The van der Waals surface area contributed by atoms with E-state index >= 15 is 0 Å². The number of hydrogen-bond donors (Lipinski definition) is 0. The van der Waals surface area contributed by atoms with Crippen molar-refractivity contribution in [3.8, 4) is 11.1 Å². The molecular weight excluding hydrogens is 668 g/mol. The fraction of sp³-hybridized carbons (Fsp3) is 0.550. The zero-order chi connectivity index (χ0) is 38.0. The van der Waals surface area contributed by atoms with Crippen LogP contribution in [0.5, 0.6) is 0 Å². The minimum Gasteiger partial charge on any atom is -0.456 e. The van der Waals surface area contributed by atoms with Crippen molar-refractivity contribution < 1.29 is 47.7 Å². The normalized spacial score (nSPS) is 27.2. The van der Waals surface area contributed by atoms with E-state index in [2.05, 4.69) is 0 Å². The summed E-state index contributed by atoms with van der Waals surface area (Å²) in [5.41, 5.74) is 0.576. The molecule has 4 aliphatic rings. The summed E-state index contributed by atoms with van der Waals surface area (Å²) < 4.78 is 21.9. The van der Waals surface area contributed by atoms with E-state index in [1.54, 1.807) is 90.1 Å². The lowest BCUT2D eigenvalue weighted by Crippen LogP contribution is -2.46. The van der Waals surface area contributed by atoms with Crippen LogP contribution in [0.4, 0.5) is 9.59 Å². The van der Waals surface area contributed by atoms with Crippen LogP contribution in [0.1, 0.15) is 102 Å². The standard InChI is InChI=1S/C40H48N2O10/c1-37(2,3)51-35(47)41-27(17-39(7)19-31(39)41)33(45)49-21-29(43)25-13-9-23(10-14-25)24-11-15-26(16-12-24)30(44)22-50-34(46)28-18-40(8)20-32(40)42(28)36(48)52-38(4,5)6/h9-16,27-28,31-32H,17-22H2,1-8H3/t27-,28-,31+,32?,39-,40-/m0/s1. The monoisotopic (exact) mass is 716 g/mol. The van der Waals surface area contributed by atoms with Crippen LogP contribution in [0.2, 0.25) is 0 Å². The molecule has 0 aromatic heterocycles. The Morgan fingerprint density at radius 1 is 0.577 bits per heavy atom. The van der Waals surface area contributed by atoms with E-state index in [0.29, 0.717) is 24.0 Å². The fourth-order valence-corrected chi connectivity index (χ4v) is 7.45. The molecular formula is C40H48N2O10. The Balaban J connectivity index is 0.993. The van der Waals surface area contributed by atoms with Crippen molar-refractivity contribution in [1.29, 1.82) is 0 Å². The summed E-state index contributed by atoms with van der Waals surface area (Å²) in [6.45, 7) is 13.8. The summed E-state index contributed by atoms with van der Waals surface area (Å²) in [7, 11) is 0. The molecule has 2 amide bonds. The number of benzene rings is 2. The summed E-state index contributed by atoms with van der Waals surface area (Å²) in [5, 5.41) is 0. The molecule has 6 atom stereocenters. The first-order valence-electron chi connectivity index (χ1n) is 17.8. The Kier molecular flexibility index (Phi) is 9.28. The molecule has 6 rings (SSSR count). The number of likely N-dealkylation sites (tertiary alicyclic amines) is 2. The Morgan fingerprint density at radius 3 is 1.21 bits per heavy atom. The van der Waals surface area contributed by atoms with E-state index in [-0.39, 0.29) is 34.5 Å². The number of hydrogen-bond acceptors (Lipinski definition) is 10. The summed E-state index contributed by atoms with van der Waals surface area (Å²) in [6, 6.07) is 11.8. The number of Topliss-reactive ketones (excluding diaryl/α,β-unsaturated/α-hetero) is 2. The Labute approximate surface area is 304 Å². The van der Waals surface area contributed by atoms with Crippen molar-refractivity contribution in [3.63, 3.8) is 0 Å². The largest absolute Gasteiger partial charge is 0.456 e. The lowest BCUT2D eigenvalue weighted by atomic mass is 10.0. The first kappa shape index (κ1) is 37.0. The third-order valence-corrected chi connectivity index (χ3v) is 10.5. The average Bonchev–Trinajstić information content (AvgIpc) is 3.84. The first-order valence-corrected chi connectivity index (χ1v) is 17.8. The molecule has 0 N–H and O–H groups in total. The topological polar surface area (TPSA) is 146 Å². The quantitative estimate of drug-likeness (QED) is 0.163. The van der Waals surface area contributed by atoms with Crippen molar-refractivity contribution in [2.24, 2.45) is 10.8 Å². The lowest BCUT2D eigenvalue weighted by molar-refractivity contribution is -0.148. The van der Waals surface area contributed by atoms with Crippen molar-refractivity contribution in [3.05, 3.63) is 59.7 Å². The number of fused-ring (bicyclic) bond motifs is 2. The van der Waals surface area contributed by atoms with Crippen LogP contribution in [0.15, 0.2) is 48.5 Å². The van der Waals surface area contributed by atoms with Crippen molar-refractivity contribution in [2.75, 3.05) is 13.2 Å². The van der Waals surface area contributed by atoms with Crippen LogP contribution >= 0.6 is 0 Å². The van der Waals surface area contributed by atoms with Gasteiger partial charge in [0.15, 0.2) is 24.8 Å². The molecule has 0 radical (unpaired) electrons. The van der Waals surface area contributed by atoms with Gasteiger partial charge in [0, 0.05) is 23.2 Å². The smallest absolute Gasteiger partial charge is 0.411 e. The van der Waals surface area contributed by atoms with Crippen LogP contribution in [0, 0.1) is 10.8 Å². The van der Waals surface area contributed by atoms with Gasteiger partial charge in [0.1, 0.15) is 23.3 Å². The molecule has 52 heavy (non-hydrogen) atoms. The number of piperidine rings is 2. The van der Waals surface area contributed by atoms with Crippen molar-refractivity contribution >= 4 is 35.7 Å². The maximum absolute atomic E-state index is 13.0. The van der Waals surface area contributed by atoms with Gasteiger partial charge in [-0.1, -0.05) is 62.4 Å². The number of carbonyl (C=O) groups is 6. The maximum atomic E-state index is 13.0. The molecule has 0 spiro atoms. The Bertz CT molecular complexity index is 1660. The second-order valence-corrected chi connectivity index (χ2v) is 17.2. The highest BCUT2D eigenvalue weighted by Gasteiger charge is 2.66. The molecule has 2 aliphatic carbocycles. The van der Waals surface area contributed by atoms with Gasteiger partial charge in [-0.25, -0.2) is 19.2 Å². The number of ether oxygens (including phenoxy) is 4. The molecule has 278 valence electrons. The molecule has 2 heterocycles. The lowest BCUT2D eigenvalue weighted by Gasteiger charge is -2.29. The molecule has 0 bridgehead atoms. The minimum atomic E-state index is -0.799. The van der Waals surface area contributed by atoms with Crippen LogP contribution in [-0.2, 0) is 28.5 Å². The molecule has 12 nitrogen and oxygen atoms in total. The number of ketones is 2. The average molecular weight is 717 g/mol. The maximum Gasteiger partial charge on any atom is 0.411 e. The molecule has 2 aromatic carbocycles. The van der Waals surface area contributed by atoms with E-state index in [1.807, 2.05) is 13.8 Å². The number of carbonyl (C=O) groups excluding carboxylic acids is 6. The molecule has 2 aliphatic heterocycles. The number of esters is 2. The highest BCUT2D eigenvalue weighted by molar-refractivity contribution is 6.00. The van der Waals surface area contributed by atoms with Crippen molar-refractivity contribution in [1.82, 2.24) is 9.80 Å². The van der Waals surface area contributed by atoms with Crippen molar-refractivity contribution in [2.45, 2.75) is 116 Å².